The lowest BCUT2D eigenvalue weighted by Gasteiger charge is -2.24. The van der Waals surface area contributed by atoms with Crippen LogP contribution in [0.5, 0.6) is 0 Å². The number of halogens is 1. The van der Waals surface area contributed by atoms with Gasteiger partial charge in [-0.15, -0.1) is 0 Å². The highest BCUT2D eigenvalue weighted by atomic mass is 19.1. The number of anilines is 1. The quantitative estimate of drug-likeness (QED) is 0.883. The minimum Gasteiger partial charge on any atom is -0.338 e. The van der Waals surface area contributed by atoms with E-state index in [9.17, 15) is 14.0 Å². The lowest BCUT2D eigenvalue weighted by atomic mass is 9.98. The average molecular weight is 354 g/mol. The van der Waals surface area contributed by atoms with Crippen molar-refractivity contribution >= 4 is 17.5 Å². The molecule has 2 aromatic carbocycles. The molecule has 2 aromatic rings. The predicted octanol–water partition coefficient (Wildman–Crippen LogP) is 3.98. The number of carbonyl (C=O) groups excluding carboxylic acids is 2. The summed E-state index contributed by atoms with van der Waals surface area (Å²) in [5.74, 6) is -0.822. The smallest absolute Gasteiger partial charge is 0.226 e. The fourth-order valence-electron chi connectivity index (χ4n) is 3.30. The van der Waals surface area contributed by atoms with Crippen molar-refractivity contribution < 1.29 is 14.0 Å². The van der Waals surface area contributed by atoms with E-state index in [0.29, 0.717) is 12.2 Å². The number of hydrogen-bond donors (Lipinski definition) is 1. The molecule has 0 aromatic heterocycles. The van der Waals surface area contributed by atoms with E-state index in [4.69, 9.17) is 0 Å². The molecule has 1 aliphatic heterocycles. The molecule has 4 nitrogen and oxygen atoms in total. The molecular weight excluding hydrogens is 331 g/mol. The van der Waals surface area contributed by atoms with Crippen LogP contribution in [0.3, 0.4) is 0 Å². The van der Waals surface area contributed by atoms with Gasteiger partial charge in [0, 0.05) is 31.1 Å². The number of nitrogens with one attached hydrogen (secondary N) is 1. The van der Waals surface area contributed by atoms with Crippen LogP contribution in [-0.2, 0) is 16.1 Å². The average Bonchev–Trinajstić information content (AvgIpc) is 2.81. The summed E-state index contributed by atoms with van der Waals surface area (Å²) in [5, 5.41) is 2.75. The van der Waals surface area contributed by atoms with Crippen LogP contribution in [0, 0.1) is 11.7 Å². The zero-order valence-corrected chi connectivity index (χ0v) is 14.7. The number of nitrogens with zero attached hydrogens (tertiary/aromatic N) is 1. The summed E-state index contributed by atoms with van der Waals surface area (Å²) < 4.78 is 13.0. The van der Waals surface area contributed by atoms with E-state index in [0.717, 1.165) is 31.4 Å². The molecule has 3 rings (SSSR count). The van der Waals surface area contributed by atoms with Gasteiger partial charge < -0.3 is 10.2 Å². The molecule has 1 atom stereocenters. The van der Waals surface area contributed by atoms with Gasteiger partial charge in [-0.1, -0.05) is 36.8 Å². The molecule has 0 aliphatic carbocycles. The van der Waals surface area contributed by atoms with Gasteiger partial charge in [0.25, 0.3) is 0 Å². The first-order valence-corrected chi connectivity index (χ1v) is 9.00. The van der Waals surface area contributed by atoms with Gasteiger partial charge in [0.1, 0.15) is 5.82 Å². The van der Waals surface area contributed by atoms with Crippen LogP contribution in [0.15, 0.2) is 54.6 Å². The Bertz CT molecular complexity index is 746. The van der Waals surface area contributed by atoms with Crippen LogP contribution in [-0.4, -0.2) is 23.3 Å². The molecule has 1 unspecified atom stereocenters. The Kier molecular flexibility index (Phi) is 6.00. The van der Waals surface area contributed by atoms with Crippen molar-refractivity contribution in [2.24, 2.45) is 5.92 Å². The highest BCUT2D eigenvalue weighted by Gasteiger charge is 2.28. The largest absolute Gasteiger partial charge is 0.338 e. The molecule has 0 saturated carbocycles. The third kappa shape index (κ3) is 4.91. The Balaban J connectivity index is 1.61. The predicted molar refractivity (Wildman–Crippen MR) is 98.8 cm³/mol. The Morgan fingerprint density at radius 3 is 2.54 bits per heavy atom. The number of rotatable bonds is 5. The third-order valence-electron chi connectivity index (χ3n) is 4.67. The van der Waals surface area contributed by atoms with Gasteiger partial charge in [0.15, 0.2) is 0 Å². The van der Waals surface area contributed by atoms with Crippen molar-refractivity contribution in [3.8, 4) is 0 Å². The first-order chi connectivity index (χ1) is 12.6. The number of carbonyl (C=O) groups is 2. The summed E-state index contributed by atoms with van der Waals surface area (Å²) >= 11 is 0. The first kappa shape index (κ1) is 18.1. The van der Waals surface area contributed by atoms with Crippen LogP contribution in [0.1, 0.15) is 31.2 Å². The Labute approximate surface area is 153 Å². The van der Waals surface area contributed by atoms with E-state index < -0.39 is 0 Å². The second kappa shape index (κ2) is 8.61. The summed E-state index contributed by atoms with van der Waals surface area (Å²) in [6.07, 6.45) is 2.77. The molecule has 0 radical (unpaired) electrons. The van der Waals surface area contributed by atoms with Gasteiger partial charge >= 0.3 is 0 Å². The SMILES string of the molecule is O=C(CC1CCCCN(Cc2ccccc2)C1=O)Nc1ccc(F)cc1. The second-order valence-corrected chi connectivity index (χ2v) is 6.70. The number of benzene rings is 2. The topological polar surface area (TPSA) is 49.4 Å². The molecule has 1 heterocycles. The molecule has 1 fully saturated rings. The van der Waals surface area contributed by atoms with Gasteiger partial charge in [0.2, 0.25) is 11.8 Å². The summed E-state index contributed by atoms with van der Waals surface area (Å²) in [5.41, 5.74) is 1.64. The highest BCUT2D eigenvalue weighted by Crippen LogP contribution is 2.23. The Morgan fingerprint density at radius 1 is 1.08 bits per heavy atom. The molecule has 1 saturated heterocycles. The summed E-state index contributed by atoms with van der Waals surface area (Å²) in [6.45, 7) is 1.31. The summed E-state index contributed by atoms with van der Waals surface area (Å²) in [4.78, 5) is 27.1. The first-order valence-electron chi connectivity index (χ1n) is 9.00. The van der Waals surface area contributed by atoms with Crippen LogP contribution < -0.4 is 5.32 Å². The van der Waals surface area contributed by atoms with E-state index in [1.165, 1.54) is 24.3 Å². The van der Waals surface area contributed by atoms with Crippen LogP contribution in [0.2, 0.25) is 0 Å². The lowest BCUT2D eigenvalue weighted by Crippen LogP contribution is -2.36. The number of amides is 2. The monoisotopic (exact) mass is 354 g/mol. The minimum atomic E-state index is -0.349. The maximum absolute atomic E-state index is 13.0. The van der Waals surface area contributed by atoms with Gasteiger partial charge in [0.05, 0.1) is 0 Å². The standard InChI is InChI=1S/C21H23FN2O2/c22-18-9-11-19(12-10-18)23-20(25)14-17-8-4-5-13-24(21(17)26)15-16-6-2-1-3-7-16/h1-3,6-7,9-12,17H,4-5,8,13-15H2,(H,23,25). The zero-order chi connectivity index (χ0) is 18.4. The van der Waals surface area contributed by atoms with Crippen molar-refractivity contribution in [1.29, 1.82) is 0 Å². The molecule has 5 heteroatoms. The van der Waals surface area contributed by atoms with E-state index in [1.54, 1.807) is 0 Å². The minimum absolute atomic E-state index is 0.0422. The molecule has 2 amide bonds. The van der Waals surface area contributed by atoms with Crippen LogP contribution in [0.25, 0.3) is 0 Å². The summed E-state index contributed by atoms with van der Waals surface area (Å²) in [7, 11) is 0. The van der Waals surface area contributed by atoms with Gasteiger partial charge in [-0.25, -0.2) is 4.39 Å². The fraction of sp³-hybridized carbons (Fsp3) is 0.333. The van der Waals surface area contributed by atoms with E-state index in [2.05, 4.69) is 5.32 Å². The van der Waals surface area contributed by atoms with Gasteiger partial charge in [-0.3, -0.25) is 9.59 Å². The molecule has 1 N–H and O–H groups in total. The van der Waals surface area contributed by atoms with Gasteiger partial charge in [-0.2, -0.15) is 0 Å². The molecule has 26 heavy (non-hydrogen) atoms. The maximum Gasteiger partial charge on any atom is 0.226 e. The van der Waals surface area contributed by atoms with E-state index >= 15 is 0 Å². The lowest BCUT2D eigenvalue weighted by molar-refractivity contribution is -0.137. The Hall–Kier alpha value is -2.69. The van der Waals surface area contributed by atoms with Crippen molar-refractivity contribution in [2.45, 2.75) is 32.2 Å². The molecule has 136 valence electrons. The molecular formula is C21H23FN2O2. The Morgan fingerprint density at radius 2 is 1.81 bits per heavy atom. The van der Waals surface area contributed by atoms with Crippen molar-refractivity contribution in [3.63, 3.8) is 0 Å². The molecule has 0 spiro atoms. The van der Waals surface area contributed by atoms with Crippen LogP contribution in [0.4, 0.5) is 10.1 Å². The summed E-state index contributed by atoms with van der Waals surface area (Å²) in [6, 6.07) is 15.5. The zero-order valence-electron chi connectivity index (χ0n) is 14.7. The van der Waals surface area contributed by atoms with Gasteiger partial charge in [-0.05, 0) is 42.7 Å². The van der Waals surface area contributed by atoms with Crippen molar-refractivity contribution in [2.75, 3.05) is 11.9 Å². The highest BCUT2D eigenvalue weighted by molar-refractivity contribution is 5.94. The molecule has 1 aliphatic rings. The number of likely N-dealkylation sites (tertiary alicyclic amines) is 1. The van der Waals surface area contributed by atoms with E-state index in [-0.39, 0.29) is 30.0 Å². The van der Waals surface area contributed by atoms with E-state index in [1.807, 2.05) is 35.2 Å². The molecule has 0 bridgehead atoms. The van der Waals surface area contributed by atoms with Crippen LogP contribution >= 0.6 is 0 Å². The van der Waals surface area contributed by atoms with Crippen molar-refractivity contribution in [3.05, 3.63) is 66.0 Å². The third-order valence-corrected chi connectivity index (χ3v) is 4.67. The fourth-order valence-corrected chi connectivity index (χ4v) is 3.30. The number of hydrogen-bond acceptors (Lipinski definition) is 2. The maximum atomic E-state index is 13.0. The van der Waals surface area contributed by atoms with Crippen molar-refractivity contribution in [1.82, 2.24) is 4.90 Å². The second-order valence-electron chi connectivity index (χ2n) is 6.70. The normalized spacial score (nSPS) is 17.7.